The first-order valence-corrected chi connectivity index (χ1v) is 9.19. The van der Waals surface area contributed by atoms with E-state index in [4.69, 9.17) is 0 Å². The molecule has 0 saturated carbocycles. The molecular formula is C8H13NSe. The molecule has 1 rings (SSSR count). The van der Waals surface area contributed by atoms with Crippen molar-refractivity contribution in [2.24, 2.45) is 0 Å². The Kier molecular flexibility index (Phi) is 2.12. The molecule has 1 nitrogen and oxygen atoms in total. The van der Waals surface area contributed by atoms with Gasteiger partial charge in [0.05, 0.1) is 0 Å². The van der Waals surface area contributed by atoms with Gasteiger partial charge in [-0.2, -0.15) is 0 Å². The van der Waals surface area contributed by atoms with E-state index in [0.717, 1.165) is 0 Å². The van der Waals surface area contributed by atoms with Gasteiger partial charge in [-0.15, -0.1) is 0 Å². The van der Waals surface area contributed by atoms with Crippen molar-refractivity contribution in [3.63, 3.8) is 0 Å². The molecule has 0 saturated heterocycles. The molecular weight excluding hydrogens is 189 g/mol. The van der Waals surface area contributed by atoms with Crippen molar-refractivity contribution >= 4 is 17.3 Å². The van der Waals surface area contributed by atoms with Crippen LogP contribution in [-0.2, 0) is 0 Å². The summed E-state index contributed by atoms with van der Waals surface area (Å²) in [6, 6.07) is 4.25. The van der Waals surface area contributed by atoms with Gasteiger partial charge in [-0.1, -0.05) is 0 Å². The Morgan fingerprint density at radius 3 is 1.90 bits per heavy atom. The zero-order valence-electron chi connectivity index (χ0n) is 6.66. The zero-order valence-corrected chi connectivity index (χ0v) is 8.38. The molecule has 0 bridgehead atoms. The Morgan fingerprint density at radius 2 is 1.60 bits per heavy atom. The molecule has 0 fully saturated rings. The molecule has 0 spiro atoms. The number of rotatable bonds is 1. The van der Waals surface area contributed by atoms with Crippen LogP contribution in [0.4, 0.5) is 0 Å². The van der Waals surface area contributed by atoms with E-state index in [-0.39, 0.29) is 0 Å². The van der Waals surface area contributed by atoms with Crippen LogP contribution < -0.4 is 4.46 Å². The van der Waals surface area contributed by atoms with Crippen LogP contribution in [0.3, 0.4) is 0 Å². The predicted octanol–water partition coefficient (Wildman–Crippen LogP) is 1.63. The van der Waals surface area contributed by atoms with Crippen LogP contribution in [0.1, 0.15) is 0 Å². The third kappa shape index (κ3) is 1.83. The second-order valence-electron chi connectivity index (χ2n) is 3.02. The van der Waals surface area contributed by atoms with Gasteiger partial charge in [0.25, 0.3) is 0 Å². The van der Waals surface area contributed by atoms with E-state index in [0.29, 0.717) is 0 Å². The Morgan fingerprint density at radius 1 is 1.10 bits per heavy atom. The fraction of sp³-hybridized carbons (Fsp3) is 0.375. The van der Waals surface area contributed by atoms with E-state index >= 15 is 0 Å². The molecule has 1 aromatic heterocycles. The quantitative estimate of drug-likeness (QED) is 0.631. The van der Waals surface area contributed by atoms with Crippen LogP contribution in [-0.4, -0.2) is 17.8 Å². The first-order valence-electron chi connectivity index (χ1n) is 3.19. The third-order valence-electron chi connectivity index (χ3n) is 1.36. The van der Waals surface area contributed by atoms with Crippen LogP contribution in [0.2, 0.25) is 17.5 Å². The minimum absolute atomic E-state index is 1.24. The Balaban J connectivity index is 2.97. The van der Waals surface area contributed by atoms with Gasteiger partial charge in [0.1, 0.15) is 0 Å². The van der Waals surface area contributed by atoms with E-state index in [2.05, 4.69) is 34.6 Å². The van der Waals surface area contributed by atoms with Gasteiger partial charge in [-0.05, 0) is 0 Å². The number of hydrogen-bond donors (Lipinski definition) is 0. The van der Waals surface area contributed by atoms with Crippen molar-refractivity contribution in [2.75, 3.05) is 0 Å². The fourth-order valence-corrected chi connectivity index (χ4v) is 2.71. The summed E-state index contributed by atoms with van der Waals surface area (Å²) < 4.78 is 1.49. The van der Waals surface area contributed by atoms with Gasteiger partial charge in [0.2, 0.25) is 0 Å². The average Bonchev–Trinajstić information content (AvgIpc) is 1.88. The molecule has 0 unspecified atom stereocenters. The van der Waals surface area contributed by atoms with Crippen molar-refractivity contribution in [3.8, 4) is 0 Å². The molecule has 10 heavy (non-hydrogen) atoms. The summed E-state index contributed by atoms with van der Waals surface area (Å²) >= 11 is -1.24. The SMILES string of the molecule is C[Se](C)(C)c1ccncc1. The van der Waals surface area contributed by atoms with E-state index < -0.39 is 12.8 Å². The number of nitrogens with zero attached hydrogens (tertiary/aromatic N) is 1. The summed E-state index contributed by atoms with van der Waals surface area (Å²) in [6.07, 6.45) is 3.75. The summed E-state index contributed by atoms with van der Waals surface area (Å²) in [7, 11) is 0. The topological polar surface area (TPSA) is 12.9 Å². The Hall–Kier alpha value is -0.331. The number of pyridine rings is 1. The van der Waals surface area contributed by atoms with E-state index in [1.807, 2.05) is 12.4 Å². The van der Waals surface area contributed by atoms with Gasteiger partial charge in [-0.3, -0.25) is 0 Å². The van der Waals surface area contributed by atoms with Crippen molar-refractivity contribution < 1.29 is 0 Å². The van der Waals surface area contributed by atoms with Crippen LogP contribution >= 0.6 is 0 Å². The van der Waals surface area contributed by atoms with Crippen molar-refractivity contribution in [1.29, 1.82) is 0 Å². The second-order valence-corrected chi connectivity index (χ2v) is 11.7. The molecule has 56 valence electrons. The van der Waals surface area contributed by atoms with Gasteiger partial charge >= 0.3 is 64.3 Å². The van der Waals surface area contributed by atoms with Gasteiger partial charge in [0, 0.05) is 0 Å². The van der Waals surface area contributed by atoms with Crippen LogP contribution in [0.5, 0.6) is 0 Å². The van der Waals surface area contributed by atoms with Crippen molar-refractivity contribution in [1.82, 2.24) is 4.98 Å². The first kappa shape index (κ1) is 7.77. The minimum atomic E-state index is -1.24. The summed E-state index contributed by atoms with van der Waals surface area (Å²) in [5.41, 5.74) is 0. The predicted molar refractivity (Wildman–Crippen MR) is 47.2 cm³/mol. The summed E-state index contributed by atoms with van der Waals surface area (Å²) in [4.78, 5) is 3.98. The maximum absolute atomic E-state index is 3.98. The molecule has 0 aromatic carbocycles. The maximum atomic E-state index is 3.98. The van der Waals surface area contributed by atoms with Crippen molar-refractivity contribution in [3.05, 3.63) is 24.5 Å². The van der Waals surface area contributed by atoms with Crippen LogP contribution in [0, 0.1) is 0 Å². The zero-order chi connectivity index (χ0) is 7.61. The van der Waals surface area contributed by atoms with E-state index in [9.17, 15) is 0 Å². The van der Waals surface area contributed by atoms with Gasteiger partial charge < -0.3 is 0 Å². The second kappa shape index (κ2) is 2.73. The van der Waals surface area contributed by atoms with E-state index in [1.165, 1.54) is 4.46 Å². The average molecular weight is 202 g/mol. The normalized spacial score (nSPS) is 13.1. The van der Waals surface area contributed by atoms with Crippen LogP contribution in [0.25, 0.3) is 0 Å². The monoisotopic (exact) mass is 203 g/mol. The Labute approximate surface area is 64.7 Å². The number of aromatic nitrogens is 1. The Bertz CT molecular complexity index is 200. The first-order chi connectivity index (χ1) is 4.61. The molecule has 0 aliphatic carbocycles. The van der Waals surface area contributed by atoms with Crippen LogP contribution in [0.15, 0.2) is 24.5 Å². The number of hydrogen-bond acceptors (Lipinski definition) is 1. The molecule has 0 radical (unpaired) electrons. The van der Waals surface area contributed by atoms with E-state index in [1.54, 1.807) is 0 Å². The van der Waals surface area contributed by atoms with Gasteiger partial charge in [-0.25, -0.2) is 0 Å². The fourth-order valence-electron chi connectivity index (χ4n) is 0.746. The van der Waals surface area contributed by atoms with Crippen molar-refractivity contribution in [2.45, 2.75) is 17.5 Å². The summed E-state index contributed by atoms with van der Waals surface area (Å²) in [5, 5.41) is 0. The summed E-state index contributed by atoms with van der Waals surface area (Å²) in [5.74, 6) is 7.06. The summed E-state index contributed by atoms with van der Waals surface area (Å²) in [6.45, 7) is 0. The molecule has 0 amide bonds. The van der Waals surface area contributed by atoms with Gasteiger partial charge in [0.15, 0.2) is 0 Å². The molecule has 1 heterocycles. The molecule has 0 aliphatic rings. The molecule has 1 aromatic rings. The third-order valence-corrected chi connectivity index (χ3v) is 4.89. The molecule has 0 atom stereocenters. The standard InChI is InChI=1S/C8H13NSe/c1-10(2,3)8-4-6-9-7-5-8/h4-7H,1-3H3. The molecule has 0 aliphatic heterocycles. The molecule has 0 N–H and O–H groups in total. The molecule has 2 heteroatoms.